The molecule has 2 N–H and O–H groups in total. The SMILES string of the molecule is Cl.Cl.Cl.O=C(CCN1CCN(Cc2ccccc2)CC1)Nc1ccc2c(c1)CCNCC2. The van der Waals surface area contributed by atoms with Crippen LogP contribution in [-0.4, -0.2) is 61.5 Å². The van der Waals surface area contributed by atoms with Crippen molar-refractivity contribution in [3.05, 3.63) is 65.2 Å². The molecule has 0 atom stereocenters. The van der Waals surface area contributed by atoms with Crippen molar-refractivity contribution in [2.45, 2.75) is 25.8 Å². The number of hydrogen-bond donors (Lipinski definition) is 2. The standard InChI is InChI=1S/C24H32N4O.3ClH/c29-24(26-23-7-6-21-8-11-25-12-9-22(21)18-23)10-13-27-14-16-28(17-15-27)19-20-4-2-1-3-5-20;;;/h1-7,18,25H,8-17,19H2,(H,26,29);3*1H. The number of fused-ring (bicyclic) bond motifs is 1. The third-order valence-corrected chi connectivity index (χ3v) is 6.00. The second-order valence-electron chi connectivity index (χ2n) is 8.14. The molecule has 1 amide bonds. The summed E-state index contributed by atoms with van der Waals surface area (Å²) in [5.41, 5.74) is 5.07. The minimum atomic E-state index is 0. The Morgan fingerprint density at radius 3 is 2.22 bits per heavy atom. The van der Waals surface area contributed by atoms with E-state index in [2.05, 4.69) is 62.9 Å². The highest BCUT2D eigenvalue weighted by molar-refractivity contribution is 5.91. The molecular weight excluding hydrogens is 467 g/mol. The van der Waals surface area contributed by atoms with E-state index >= 15 is 0 Å². The zero-order chi connectivity index (χ0) is 19.9. The summed E-state index contributed by atoms with van der Waals surface area (Å²) in [6.45, 7) is 8.10. The summed E-state index contributed by atoms with van der Waals surface area (Å²) in [7, 11) is 0. The molecule has 4 rings (SSSR count). The number of hydrogen-bond acceptors (Lipinski definition) is 4. The smallest absolute Gasteiger partial charge is 0.225 e. The molecule has 0 saturated carbocycles. The van der Waals surface area contributed by atoms with Gasteiger partial charge < -0.3 is 15.5 Å². The van der Waals surface area contributed by atoms with Crippen molar-refractivity contribution in [3.63, 3.8) is 0 Å². The fourth-order valence-electron chi connectivity index (χ4n) is 4.25. The highest BCUT2D eigenvalue weighted by Crippen LogP contribution is 2.19. The lowest BCUT2D eigenvalue weighted by Gasteiger charge is -2.34. The van der Waals surface area contributed by atoms with Gasteiger partial charge in [0, 0.05) is 51.4 Å². The fourth-order valence-corrected chi connectivity index (χ4v) is 4.25. The number of carbonyl (C=O) groups is 1. The first-order chi connectivity index (χ1) is 14.3. The molecule has 0 bridgehead atoms. The molecule has 2 aromatic rings. The molecule has 2 aromatic carbocycles. The number of anilines is 1. The van der Waals surface area contributed by atoms with Crippen molar-refractivity contribution in [2.24, 2.45) is 0 Å². The van der Waals surface area contributed by atoms with E-state index in [0.29, 0.717) is 6.42 Å². The van der Waals surface area contributed by atoms with Gasteiger partial charge in [0.15, 0.2) is 0 Å². The number of amides is 1. The van der Waals surface area contributed by atoms with Crippen LogP contribution in [0.15, 0.2) is 48.5 Å². The molecule has 32 heavy (non-hydrogen) atoms. The lowest BCUT2D eigenvalue weighted by molar-refractivity contribution is -0.116. The van der Waals surface area contributed by atoms with Crippen LogP contribution < -0.4 is 10.6 Å². The van der Waals surface area contributed by atoms with Crippen molar-refractivity contribution >= 4 is 48.8 Å². The zero-order valence-electron chi connectivity index (χ0n) is 18.4. The Morgan fingerprint density at radius 2 is 1.50 bits per heavy atom. The van der Waals surface area contributed by atoms with Gasteiger partial charge >= 0.3 is 0 Å². The summed E-state index contributed by atoms with van der Waals surface area (Å²) < 4.78 is 0. The monoisotopic (exact) mass is 500 g/mol. The average Bonchev–Trinajstić information content (AvgIpc) is 2.99. The number of halogens is 3. The first-order valence-electron chi connectivity index (χ1n) is 10.9. The molecular formula is C24H35Cl3N4O. The van der Waals surface area contributed by atoms with Gasteiger partial charge in [0.25, 0.3) is 0 Å². The van der Waals surface area contributed by atoms with Crippen molar-refractivity contribution < 1.29 is 4.79 Å². The Bertz CT molecular complexity index is 814. The van der Waals surface area contributed by atoms with Gasteiger partial charge in [0.1, 0.15) is 0 Å². The molecule has 2 heterocycles. The number of carbonyl (C=O) groups excluding carboxylic acids is 1. The lowest BCUT2D eigenvalue weighted by atomic mass is 10.0. The maximum atomic E-state index is 12.4. The number of piperazine rings is 1. The summed E-state index contributed by atoms with van der Waals surface area (Å²) in [6, 6.07) is 17.0. The van der Waals surface area contributed by atoms with Crippen molar-refractivity contribution in [1.82, 2.24) is 15.1 Å². The molecule has 1 fully saturated rings. The van der Waals surface area contributed by atoms with Crippen molar-refractivity contribution in [1.29, 1.82) is 0 Å². The van der Waals surface area contributed by atoms with Crippen molar-refractivity contribution in [2.75, 3.05) is 51.1 Å². The molecule has 5 nitrogen and oxygen atoms in total. The highest BCUT2D eigenvalue weighted by Gasteiger charge is 2.18. The minimum absolute atomic E-state index is 0. The average molecular weight is 502 g/mol. The molecule has 0 unspecified atom stereocenters. The van der Waals surface area contributed by atoms with E-state index in [1.54, 1.807) is 0 Å². The number of benzene rings is 2. The quantitative estimate of drug-likeness (QED) is 0.632. The molecule has 0 spiro atoms. The fraction of sp³-hybridized carbons (Fsp3) is 0.458. The van der Waals surface area contributed by atoms with E-state index in [1.165, 1.54) is 16.7 Å². The van der Waals surface area contributed by atoms with E-state index in [0.717, 1.165) is 70.9 Å². The molecule has 0 radical (unpaired) electrons. The first kappa shape index (κ1) is 28.7. The van der Waals surface area contributed by atoms with E-state index in [1.807, 2.05) is 6.07 Å². The van der Waals surface area contributed by atoms with E-state index in [9.17, 15) is 4.79 Å². The third kappa shape index (κ3) is 8.54. The van der Waals surface area contributed by atoms with Crippen LogP contribution in [0.1, 0.15) is 23.1 Å². The Morgan fingerprint density at radius 1 is 0.844 bits per heavy atom. The van der Waals surface area contributed by atoms with Crippen LogP contribution in [0.2, 0.25) is 0 Å². The Kier molecular flexibility index (Phi) is 13.2. The summed E-state index contributed by atoms with van der Waals surface area (Å²) in [6.07, 6.45) is 2.66. The molecule has 0 aromatic heterocycles. The van der Waals surface area contributed by atoms with Gasteiger partial charge in [-0.15, -0.1) is 37.2 Å². The van der Waals surface area contributed by atoms with Crippen molar-refractivity contribution in [3.8, 4) is 0 Å². The summed E-state index contributed by atoms with van der Waals surface area (Å²) >= 11 is 0. The van der Waals surface area contributed by atoms with Crippen LogP contribution in [0.25, 0.3) is 0 Å². The Labute approximate surface area is 210 Å². The minimum Gasteiger partial charge on any atom is -0.326 e. The Hall–Kier alpha value is -1.34. The molecule has 2 aliphatic heterocycles. The first-order valence-corrected chi connectivity index (χ1v) is 10.9. The predicted octanol–water partition coefficient (Wildman–Crippen LogP) is 3.79. The topological polar surface area (TPSA) is 47.6 Å². The number of nitrogens with one attached hydrogen (secondary N) is 2. The van der Waals surface area contributed by atoms with Gasteiger partial charge in [-0.05, 0) is 54.8 Å². The summed E-state index contributed by atoms with van der Waals surface area (Å²) in [5.74, 6) is 0.114. The van der Waals surface area contributed by atoms with Crippen LogP contribution in [0.5, 0.6) is 0 Å². The maximum Gasteiger partial charge on any atom is 0.225 e. The molecule has 2 aliphatic rings. The number of nitrogens with zero attached hydrogens (tertiary/aromatic N) is 2. The van der Waals surface area contributed by atoms with Crippen LogP contribution >= 0.6 is 37.2 Å². The largest absolute Gasteiger partial charge is 0.326 e. The zero-order valence-corrected chi connectivity index (χ0v) is 20.9. The Balaban J connectivity index is 0.00000171. The second-order valence-corrected chi connectivity index (χ2v) is 8.14. The van der Waals surface area contributed by atoms with Gasteiger partial charge in [-0.25, -0.2) is 0 Å². The molecule has 1 saturated heterocycles. The van der Waals surface area contributed by atoms with E-state index in [-0.39, 0.29) is 43.1 Å². The van der Waals surface area contributed by atoms with Gasteiger partial charge in [-0.2, -0.15) is 0 Å². The molecule has 8 heteroatoms. The van der Waals surface area contributed by atoms with Crippen LogP contribution in [0.4, 0.5) is 5.69 Å². The van der Waals surface area contributed by atoms with Crippen LogP contribution in [0, 0.1) is 0 Å². The normalized spacial score (nSPS) is 16.4. The van der Waals surface area contributed by atoms with Gasteiger partial charge in [-0.3, -0.25) is 9.69 Å². The molecule has 178 valence electrons. The predicted molar refractivity (Wildman–Crippen MR) is 140 cm³/mol. The van der Waals surface area contributed by atoms with Gasteiger partial charge in [-0.1, -0.05) is 36.4 Å². The van der Waals surface area contributed by atoms with E-state index in [4.69, 9.17) is 0 Å². The number of rotatable bonds is 6. The van der Waals surface area contributed by atoms with Crippen LogP contribution in [0.3, 0.4) is 0 Å². The summed E-state index contributed by atoms with van der Waals surface area (Å²) in [5, 5.41) is 6.53. The molecule has 0 aliphatic carbocycles. The van der Waals surface area contributed by atoms with Crippen LogP contribution in [-0.2, 0) is 24.2 Å². The second kappa shape index (κ2) is 14.7. The lowest BCUT2D eigenvalue weighted by Crippen LogP contribution is -2.46. The van der Waals surface area contributed by atoms with Gasteiger partial charge in [0.2, 0.25) is 5.91 Å². The van der Waals surface area contributed by atoms with E-state index < -0.39 is 0 Å². The van der Waals surface area contributed by atoms with Gasteiger partial charge in [0.05, 0.1) is 0 Å². The maximum absolute atomic E-state index is 12.4. The highest BCUT2D eigenvalue weighted by atomic mass is 35.5. The summed E-state index contributed by atoms with van der Waals surface area (Å²) in [4.78, 5) is 17.3. The third-order valence-electron chi connectivity index (χ3n) is 6.00.